The number of hydrogen-bond donors (Lipinski definition) is 2. The lowest BCUT2D eigenvalue weighted by molar-refractivity contribution is 0.104. The number of carbonyl (C=O) groups excluding carboxylic acids is 1. The molecule has 0 atom stereocenters. The van der Waals surface area contributed by atoms with E-state index in [4.69, 9.17) is 22.1 Å². The van der Waals surface area contributed by atoms with Gasteiger partial charge in [-0.3, -0.25) is 4.79 Å². The predicted molar refractivity (Wildman–Crippen MR) is 97.7 cm³/mol. The molecule has 2 aromatic carbocycles. The van der Waals surface area contributed by atoms with E-state index in [1.165, 1.54) is 18.4 Å². The third kappa shape index (κ3) is 3.34. The number of nitrogen functional groups attached to an aromatic ring is 1. The Morgan fingerprint density at radius 3 is 2.79 bits per heavy atom. The second kappa shape index (κ2) is 6.90. The molecular formula is C17H14ClN3O2S. The maximum atomic E-state index is 12.7. The summed E-state index contributed by atoms with van der Waals surface area (Å²) in [5.74, 6) is 0.460. The van der Waals surface area contributed by atoms with E-state index in [0.717, 1.165) is 5.69 Å². The molecular weight excluding hydrogens is 346 g/mol. The van der Waals surface area contributed by atoms with Crippen LogP contribution in [0.3, 0.4) is 0 Å². The van der Waals surface area contributed by atoms with Gasteiger partial charge in [-0.1, -0.05) is 41.1 Å². The lowest BCUT2D eigenvalue weighted by Crippen LogP contribution is -2.04. The first-order valence-electron chi connectivity index (χ1n) is 7.05. The molecule has 0 saturated heterocycles. The molecule has 0 saturated carbocycles. The van der Waals surface area contributed by atoms with Gasteiger partial charge < -0.3 is 15.8 Å². The number of hydrogen-bond acceptors (Lipinski definition) is 6. The number of benzene rings is 2. The van der Waals surface area contributed by atoms with Crippen molar-refractivity contribution in [1.29, 1.82) is 0 Å². The van der Waals surface area contributed by atoms with E-state index in [0.29, 0.717) is 26.3 Å². The van der Waals surface area contributed by atoms with E-state index in [2.05, 4.69) is 10.3 Å². The van der Waals surface area contributed by atoms with E-state index in [-0.39, 0.29) is 11.6 Å². The number of ether oxygens (including phenoxy) is 1. The van der Waals surface area contributed by atoms with Gasteiger partial charge in [0.15, 0.2) is 5.13 Å². The summed E-state index contributed by atoms with van der Waals surface area (Å²) in [4.78, 5) is 17.3. The van der Waals surface area contributed by atoms with Gasteiger partial charge in [0.25, 0.3) is 0 Å². The van der Waals surface area contributed by atoms with Crippen LogP contribution in [0.4, 0.5) is 16.6 Å². The van der Waals surface area contributed by atoms with E-state index < -0.39 is 0 Å². The highest BCUT2D eigenvalue weighted by Crippen LogP contribution is 2.32. The lowest BCUT2D eigenvalue weighted by Gasteiger charge is -2.05. The molecule has 7 heteroatoms. The summed E-state index contributed by atoms with van der Waals surface area (Å²) in [6.07, 6.45) is 0. The molecule has 1 heterocycles. The van der Waals surface area contributed by atoms with Gasteiger partial charge >= 0.3 is 0 Å². The monoisotopic (exact) mass is 359 g/mol. The summed E-state index contributed by atoms with van der Waals surface area (Å²) >= 11 is 7.15. The molecule has 3 rings (SSSR count). The van der Waals surface area contributed by atoms with Crippen LogP contribution in [0.15, 0.2) is 48.5 Å². The van der Waals surface area contributed by atoms with Crippen molar-refractivity contribution in [2.45, 2.75) is 0 Å². The zero-order valence-corrected chi connectivity index (χ0v) is 14.3. The molecule has 0 spiro atoms. The number of para-hydroxylation sites is 1. The van der Waals surface area contributed by atoms with Crippen LogP contribution in [0.1, 0.15) is 15.2 Å². The Hall–Kier alpha value is -2.57. The molecule has 0 radical (unpaired) electrons. The van der Waals surface area contributed by atoms with Crippen molar-refractivity contribution in [3.05, 3.63) is 64.0 Å². The van der Waals surface area contributed by atoms with Crippen molar-refractivity contribution in [2.75, 3.05) is 18.2 Å². The molecule has 1 aromatic heterocycles. The lowest BCUT2D eigenvalue weighted by atomic mass is 10.1. The van der Waals surface area contributed by atoms with E-state index in [1.54, 1.807) is 36.4 Å². The molecule has 0 fully saturated rings. The van der Waals surface area contributed by atoms with Crippen LogP contribution in [0.25, 0.3) is 0 Å². The molecule has 122 valence electrons. The van der Waals surface area contributed by atoms with Crippen LogP contribution in [0.5, 0.6) is 5.75 Å². The number of aromatic nitrogens is 1. The highest BCUT2D eigenvalue weighted by molar-refractivity contribution is 7.18. The first kappa shape index (κ1) is 16.3. The number of nitrogens with one attached hydrogen (secondary N) is 1. The average molecular weight is 360 g/mol. The Labute approximate surface area is 148 Å². The van der Waals surface area contributed by atoms with Crippen LogP contribution in [0, 0.1) is 0 Å². The number of methoxy groups -OCH3 is 1. The molecule has 0 aliphatic rings. The molecule has 3 N–H and O–H groups in total. The predicted octanol–water partition coefficient (Wildman–Crippen LogP) is 4.36. The van der Waals surface area contributed by atoms with Crippen LogP contribution in [-0.4, -0.2) is 17.9 Å². The van der Waals surface area contributed by atoms with Crippen molar-refractivity contribution in [3.63, 3.8) is 0 Å². The van der Waals surface area contributed by atoms with Gasteiger partial charge in [-0.25, -0.2) is 4.98 Å². The largest absolute Gasteiger partial charge is 0.496 e. The van der Waals surface area contributed by atoms with Crippen molar-refractivity contribution in [2.24, 2.45) is 0 Å². The van der Waals surface area contributed by atoms with Crippen LogP contribution in [-0.2, 0) is 0 Å². The van der Waals surface area contributed by atoms with Crippen LogP contribution >= 0.6 is 22.9 Å². The van der Waals surface area contributed by atoms with Crippen LogP contribution in [0.2, 0.25) is 5.02 Å². The molecule has 5 nitrogen and oxygen atoms in total. The van der Waals surface area contributed by atoms with Gasteiger partial charge in [0.1, 0.15) is 16.4 Å². The maximum Gasteiger partial charge on any atom is 0.210 e. The van der Waals surface area contributed by atoms with Gasteiger partial charge in [-0.2, -0.15) is 0 Å². The molecule has 3 aromatic rings. The van der Waals surface area contributed by atoms with Gasteiger partial charge in [0, 0.05) is 10.7 Å². The molecule has 0 unspecified atom stereocenters. The smallest absolute Gasteiger partial charge is 0.210 e. The topological polar surface area (TPSA) is 77.2 Å². The minimum atomic E-state index is -0.221. The summed E-state index contributed by atoms with van der Waals surface area (Å²) < 4.78 is 5.24. The molecule has 0 aliphatic heterocycles. The molecule has 0 aliphatic carbocycles. The Balaban J connectivity index is 1.90. The number of nitrogens with two attached hydrogens (primary N) is 1. The second-order valence-corrected chi connectivity index (χ2v) is 6.33. The highest BCUT2D eigenvalue weighted by atomic mass is 35.5. The van der Waals surface area contributed by atoms with Crippen molar-refractivity contribution < 1.29 is 9.53 Å². The van der Waals surface area contributed by atoms with Gasteiger partial charge in [0.05, 0.1) is 12.7 Å². The second-order valence-electron chi connectivity index (χ2n) is 4.90. The van der Waals surface area contributed by atoms with E-state index >= 15 is 0 Å². The minimum absolute atomic E-state index is 0.181. The number of rotatable bonds is 5. The summed E-state index contributed by atoms with van der Waals surface area (Å²) in [7, 11) is 1.52. The van der Waals surface area contributed by atoms with Gasteiger partial charge in [0.2, 0.25) is 5.78 Å². The quantitative estimate of drug-likeness (QED) is 0.662. The number of anilines is 3. The van der Waals surface area contributed by atoms with Crippen molar-refractivity contribution in [1.82, 2.24) is 4.98 Å². The Morgan fingerprint density at radius 1 is 1.25 bits per heavy atom. The fraction of sp³-hybridized carbons (Fsp3) is 0.0588. The van der Waals surface area contributed by atoms with Gasteiger partial charge in [-0.15, -0.1) is 0 Å². The molecule has 0 amide bonds. The molecule has 0 bridgehead atoms. The third-order valence-corrected chi connectivity index (χ3v) is 4.51. The Morgan fingerprint density at radius 2 is 2.04 bits per heavy atom. The SMILES string of the molecule is COc1ccccc1C(=O)c1sc(Nc2cccc(Cl)c2)nc1N. The third-order valence-electron chi connectivity index (χ3n) is 3.29. The number of halogens is 1. The number of ketones is 1. The zero-order valence-electron chi connectivity index (χ0n) is 12.7. The first-order valence-corrected chi connectivity index (χ1v) is 8.24. The van der Waals surface area contributed by atoms with Crippen molar-refractivity contribution >= 4 is 45.4 Å². The fourth-order valence-corrected chi connectivity index (χ4v) is 3.24. The van der Waals surface area contributed by atoms with Gasteiger partial charge in [-0.05, 0) is 30.3 Å². The highest BCUT2D eigenvalue weighted by Gasteiger charge is 2.20. The Kier molecular flexibility index (Phi) is 4.69. The summed E-state index contributed by atoms with van der Waals surface area (Å²) in [5.41, 5.74) is 7.15. The van der Waals surface area contributed by atoms with Crippen LogP contribution < -0.4 is 15.8 Å². The summed E-state index contributed by atoms with van der Waals surface area (Å²) in [6, 6.07) is 14.2. The average Bonchev–Trinajstić information content (AvgIpc) is 2.94. The zero-order chi connectivity index (χ0) is 17.1. The van der Waals surface area contributed by atoms with E-state index in [9.17, 15) is 4.79 Å². The normalized spacial score (nSPS) is 10.4. The minimum Gasteiger partial charge on any atom is -0.496 e. The Bertz CT molecular complexity index is 895. The standard InChI is InChI=1S/C17H14ClN3O2S/c1-23-13-8-3-2-7-12(13)14(22)15-16(19)21-17(24-15)20-11-6-4-5-10(18)9-11/h2-9H,19H2,1H3,(H,20,21). The fourth-order valence-electron chi connectivity index (χ4n) is 2.19. The summed E-state index contributed by atoms with van der Waals surface area (Å²) in [5, 5.41) is 4.23. The molecule has 24 heavy (non-hydrogen) atoms. The first-order chi connectivity index (χ1) is 11.6. The summed E-state index contributed by atoms with van der Waals surface area (Å²) in [6.45, 7) is 0. The van der Waals surface area contributed by atoms with E-state index in [1.807, 2.05) is 12.1 Å². The number of thiazole rings is 1. The maximum absolute atomic E-state index is 12.7. The number of carbonyl (C=O) groups is 1. The number of nitrogens with zero attached hydrogens (tertiary/aromatic N) is 1. The van der Waals surface area contributed by atoms with Crippen molar-refractivity contribution in [3.8, 4) is 5.75 Å².